The van der Waals surface area contributed by atoms with E-state index in [1.807, 2.05) is 65.4 Å². The van der Waals surface area contributed by atoms with Crippen molar-refractivity contribution in [3.8, 4) is 17.0 Å². The Kier molecular flexibility index (Phi) is 7.59. The highest BCUT2D eigenvalue weighted by molar-refractivity contribution is 7.99. The highest BCUT2D eigenvalue weighted by atomic mass is 32.2. The van der Waals surface area contributed by atoms with Crippen molar-refractivity contribution >= 4 is 39.8 Å². The Labute approximate surface area is 200 Å². The third-order valence-electron chi connectivity index (χ3n) is 4.77. The van der Waals surface area contributed by atoms with Gasteiger partial charge in [0.1, 0.15) is 5.75 Å². The molecule has 0 radical (unpaired) electrons. The van der Waals surface area contributed by atoms with E-state index in [2.05, 4.69) is 25.8 Å². The monoisotopic (exact) mass is 480 g/mol. The molecule has 0 atom stereocenters. The van der Waals surface area contributed by atoms with Crippen molar-refractivity contribution in [3.63, 3.8) is 0 Å². The summed E-state index contributed by atoms with van der Waals surface area (Å²) >= 11 is 2.91. The van der Waals surface area contributed by atoms with Crippen LogP contribution in [-0.4, -0.2) is 38.5 Å². The van der Waals surface area contributed by atoms with E-state index < -0.39 is 0 Å². The number of benzene rings is 2. The molecule has 10 heteroatoms. The van der Waals surface area contributed by atoms with Crippen molar-refractivity contribution in [1.82, 2.24) is 19.7 Å². The van der Waals surface area contributed by atoms with E-state index in [0.717, 1.165) is 22.2 Å². The molecule has 8 nitrogen and oxygen atoms in total. The number of methoxy groups -OCH3 is 1. The first-order valence-corrected chi connectivity index (χ1v) is 12.3. The number of ether oxygens (including phenoxy) is 1. The molecule has 0 aliphatic rings. The zero-order chi connectivity index (χ0) is 23.0. The summed E-state index contributed by atoms with van der Waals surface area (Å²) in [5, 5.41) is 18.4. The van der Waals surface area contributed by atoms with Gasteiger partial charge in [0.05, 0.1) is 25.1 Å². The summed E-state index contributed by atoms with van der Waals surface area (Å²) in [4.78, 5) is 17.0. The lowest BCUT2D eigenvalue weighted by atomic mass is 10.2. The number of amides is 1. The highest BCUT2D eigenvalue weighted by Crippen LogP contribution is 2.25. The molecule has 0 saturated carbocycles. The van der Waals surface area contributed by atoms with Crippen LogP contribution in [0.2, 0.25) is 0 Å². The second-order valence-electron chi connectivity index (χ2n) is 6.97. The molecule has 0 saturated heterocycles. The van der Waals surface area contributed by atoms with Crippen LogP contribution in [0.25, 0.3) is 11.3 Å². The van der Waals surface area contributed by atoms with E-state index in [4.69, 9.17) is 4.74 Å². The number of nitrogens with one attached hydrogen (secondary N) is 2. The number of thiazole rings is 1. The number of aromatic nitrogens is 4. The fourth-order valence-corrected chi connectivity index (χ4v) is 4.69. The molecular weight excluding hydrogens is 456 g/mol. The molecule has 2 aromatic heterocycles. The van der Waals surface area contributed by atoms with Crippen LogP contribution in [0, 0.1) is 0 Å². The number of hydrogen-bond acceptors (Lipinski definition) is 8. The van der Waals surface area contributed by atoms with Gasteiger partial charge in [-0.25, -0.2) is 4.98 Å². The minimum Gasteiger partial charge on any atom is -0.497 e. The summed E-state index contributed by atoms with van der Waals surface area (Å²) in [6.45, 7) is 3.24. The van der Waals surface area contributed by atoms with Crippen LogP contribution in [0.4, 0.5) is 10.8 Å². The van der Waals surface area contributed by atoms with Gasteiger partial charge in [-0.3, -0.25) is 4.79 Å². The molecule has 2 N–H and O–H groups in total. The van der Waals surface area contributed by atoms with E-state index in [1.165, 1.54) is 11.8 Å². The van der Waals surface area contributed by atoms with Gasteiger partial charge in [0.15, 0.2) is 16.1 Å². The van der Waals surface area contributed by atoms with Crippen LogP contribution in [0.15, 0.2) is 65.1 Å². The first kappa shape index (κ1) is 22.8. The first-order chi connectivity index (χ1) is 16.2. The SMILES string of the molecule is CCn1c(CNc2nc(-c3ccccc3)cs2)nnc1SCC(=O)Nc1cccc(OC)c1. The maximum atomic E-state index is 12.4. The van der Waals surface area contributed by atoms with Gasteiger partial charge in [0, 0.05) is 29.2 Å². The number of carbonyl (C=O) groups is 1. The molecule has 4 aromatic rings. The molecular formula is C23H24N6O2S2. The van der Waals surface area contributed by atoms with E-state index in [0.29, 0.717) is 29.7 Å². The number of thioether (sulfide) groups is 1. The van der Waals surface area contributed by atoms with E-state index in [-0.39, 0.29) is 11.7 Å². The molecule has 0 spiro atoms. The Hall–Kier alpha value is -3.37. The third kappa shape index (κ3) is 5.91. The van der Waals surface area contributed by atoms with Gasteiger partial charge in [-0.05, 0) is 19.1 Å². The topological polar surface area (TPSA) is 94.0 Å². The van der Waals surface area contributed by atoms with E-state index in [1.54, 1.807) is 24.5 Å². The average molecular weight is 481 g/mol. The van der Waals surface area contributed by atoms with Gasteiger partial charge in [-0.15, -0.1) is 21.5 Å². The predicted octanol–water partition coefficient (Wildman–Crippen LogP) is 4.77. The zero-order valence-corrected chi connectivity index (χ0v) is 19.9. The number of carbonyl (C=O) groups excluding carboxylic acids is 1. The Morgan fingerprint density at radius 3 is 2.79 bits per heavy atom. The largest absolute Gasteiger partial charge is 0.497 e. The van der Waals surface area contributed by atoms with E-state index >= 15 is 0 Å². The van der Waals surface area contributed by atoms with Crippen molar-refractivity contribution in [2.45, 2.75) is 25.2 Å². The molecule has 1 amide bonds. The van der Waals surface area contributed by atoms with Crippen molar-refractivity contribution in [3.05, 3.63) is 65.8 Å². The molecule has 4 rings (SSSR count). The second kappa shape index (κ2) is 11.0. The summed E-state index contributed by atoms with van der Waals surface area (Å²) < 4.78 is 7.19. The first-order valence-electron chi connectivity index (χ1n) is 10.4. The molecule has 33 heavy (non-hydrogen) atoms. The Bertz CT molecular complexity index is 1210. The van der Waals surface area contributed by atoms with Crippen molar-refractivity contribution < 1.29 is 9.53 Å². The summed E-state index contributed by atoms with van der Waals surface area (Å²) in [6.07, 6.45) is 0. The molecule has 0 fully saturated rings. The predicted molar refractivity (Wildman–Crippen MR) is 133 cm³/mol. The van der Waals surface area contributed by atoms with Crippen molar-refractivity contribution in [1.29, 1.82) is 0 Å². The normalized spacial score (nSPS) is 10.7. The van der Waals surface area contributed by atoms with Gasteiger partial charge in [-0.2, -0.15) is 0 Å². The molecule has 0 unspecified atom stereocenters. The second-order valence-corrected chi connectivity index (χ2v) is 8.77. The van der Waals surface area contributed by atoms with Gasteiger partial charge < -0.3 is 19.9 Å². The van der Waals surface area contributed by atoms with Crippen molar-refractivity contribution in [2.24, 2.45) is 0 Å². The van der Waals surface area contributed by atoms with Gasteiger partial charge >= 0.3 is 0 Å². The third-order valence-corrected chi connectivity index (χ3v) is 6.53. The number of anilines is 2. The summed E-state index contributed by atoms with van der Waals surface area (Å²) in [6, 6.07) is 17.3. The average Bonchev–Trinajstić information content (AvgIpc) is 3.48. The molecule has 170 valence electrons. The van der Waals surface area contributed by atoms with Crippen molar-refractivity contribution in [2.75, 3.05) is 23.5 Å². The maximum absolute atomic E-state index is 12.4. The fourth-order valence-electron chi connectivity index (χ4n) is 3.15. The summed E-state index contributed by atoms with van der Waals surface area (Å²) in [7, 11) is 1.59. The Morgan fingerprint density at radius 1 is 1.15 bits per heavy atom. The van der Waals surface area contributed by atoms with Gasteiger partial charge in [0.25, 0.3) is 0 Å². The lowest BCUT2D eigenvalue weighted by molar-refractivity contribution is -0.113. The maximum Gasteiger partial charge on any atom is 0.234 e. The molecule has 0 bridgehead atoms. The highest BCUT2D eigenvalue weighted by Gasteiger charge is 2.14. The molecule has 0 aliphatic heterocycles. The van der Waals surface area contributed by atoms with Crippen LogP contribution in [0.5, 0.6) is 5.75 Å². The fraction of sp³-hybridized carbons (Fsp3) is 0.217. The summed E-state index contributed by atoms with van der Waals surface area (Å²) in [5.41, 5.74) is 2.72. The lowest BCUT2D eigenvalue weighted by Gasteiger charge is -2.09. The number of hydrogen-bond donors (Lipinski definition) is 2. The van der Waals surface area contributed by atoms with Crippen LogP contribution < -0.4 is 15.4 Å². The minimum absolute atomic E-state index is 0.116. The van der Waals surface area contributed by atoms with Crippen LogP contribution in [-0.2, 0) is 17.9 Å². The summed E-state index contributed by atoms with van der Waals surface area (Å²) in [5.74, 6) is 1.61. The van der Waals surface area contributed by atoms with Crippen LogP contribution in [0.3, 0.4) is 0 Å². The van der Waals surface area contributed by atoms with Gasteiger partial charge in [-0.1, -0.05) is 48.2 Å². The molecule has 2 aromatic carbocycles. The van der Waals surface area contributed by atoms with E-state index in [9.17, 15) is 4.79 Å². The zero-order valence-electron chi connectivity index (χ0n) is 18.3. The Morgan fingerprint density at radius 2 is 2.00 bits per heavy atom. The smallest absolute Gasteiger partial charge is 0.234 e. The molecule has 2 heterocycles. The Balaban J connectivity index is 1.33. The van der Waals surface area contributed by atoms with Crippen LogP contribution >= 0.6 is 23.1 Å². The van der Waals surface area contributed by atoms with Crippen LogP contribution in [0.1, 0.15) is 12.7 Å². The standard InChI is InChI=1S/C23H24N6O2S2/c1-3-29-20(13-24-22-26-19(14-32-22)16-8-5-4-6-9-16)27-28-23(29)33-15-21(30)25-17-10-7-11-18(12-17)31-2/h4-12,14H,3,13,15H2,1-2H3,(H,24,26)(H,25,30). The lowest BCUT2D eigenvalue weighted by Crippen LogP contribution is -2.15. The minimum atomic E-state index is -0.116. The number of nitrogens with zero attached hydrogens (tertiary/aromatic N) is 4. The number of rotatable bonds is 10. The molecule has 0 aliphatic carbocycles. The van der Waals surface area contributed by atoms with Gasteiger partial charge in [0.2, 0.25) is 5.91 Å². The quantitative estimate of drug-likeness (QED) is 0.316.